The lowest BCUT2D eigenvalue weighted by Crippen LogP contribution is -2.46. The standard InChI is InChI=1S/C11H25N3O3S/c1-6-10(4)14(18(5,16)17)8-7-12-11(15)13-9(2)3/h9-10H,6-8H2,1-5H3,(H2,12,13,15). The summed E-state index contributed by atoms with van der Waals surface area (Å²) in [7, 11) is -3.24. The molecule has 1 atom stereocenters. The third-order valence-electron chi connectivity index (χ3n) is 2.55. The highest BCUT2D eigenvalue weighted by Crippen LogP contribution is 2.07. The summed E-state index contributed by atoms with van der Waals surface area (Å²) in [4.78, 5) is 11.3. The molecular weight excluding hydrogens is 254 g/mol. The molecule has 2 N–H and O–H groups in total. The molecule has 108 valence electrons. The molecule has 0 aromatic heterocycles. The Morgan fingerprint density at radius 3 is 2.22 bits per heavy atom. The zero-order valence-electron chi connectivity index (χ0n) is 11.9. The first-order chi connectivity index (χ1) is 8.18. The summed E-state index contributed by atoms with van der Waals surface area (Å²) in [5.41, 5.74) is 0. The highest BCUT2D eigenvalue weighted by Gasteiger charge is 2.21. The summed E-state index contributed by atoms with van der Waals surface area (Å²) in [6.07, 6.45) is 1.93. The average molecular weight is 279 g/mol. The molecule has 0 saturated carbocycles. The van der Waals surface area contributed by atoms with Gasteiger partial charge in [-0.15, -0.1) is 0 Å². The lowest BCUT2D eigenvalue weighted by atomic mass is 10.2. The molecule has 7 heteroatoms. The van der Waals surface area contributed by atoms with Crippen LogP contribution >= 0.6 is 0 Å². The predicted molar refractivity (Wildman–Crippen MR) is 73.0 cm³/mol. The number of hydrogen-bond donors (Lipinski definition) is 2. The third-order valence-corrected chi connectivity index (χ3v) is 3.94. The van der Waals surface area contributed by atoms with Crippen molar-refractivity contribution in [1.29, 1.82) is 0 Å². The first-order valence-corrected chi connectivity index (χ1v) is 8.04. The van der Waals surface area contributed by atoms with Gasteiger partial charge in [-0.2, -0.15) is 4.31 Å². The molecule has 2 amide bonds. The number of nitrogens with one attached hydrogen (secondary N) is 2. The smallest absolute Gasteiger partial charge is 0.315 e. The molecule has 0 fully saturated rings. The SMILES string of the molecule is CCC(C)N(CCNC(=O)NC(C)C)S(C)(=O)=O. The van der Waals surface area contributed by atoms with Gasteiger partial charge in [-0.05, 0) is 27.2 Å². The lowest BCUT2D eigenvalue weighted by molar-refractivity contribution is 0.236. The van der Waals surface area contributed by atoms with Gasteiger partial charge in [-0.3, -0.25) is 0 Å². The van der Waals surface area contributed by atoms with E-state index in [0.717, 1.165) is 6.42 Å². The minimum absolute atomic E-state index is 0.0602. The fourth-order valence-electron chi connectivity index (χ4n) is 1.51. The fourth-order valence-corrected chi connectivity index (χ4v) is 2.74. The molecule has 0 bridgehead atoms. The van der Waals surface area contributed by atoms with E-state index in [9.17, 15) is 13.2 Å². The minimum atomic E-state index is -3.24. The van der Waals surface area contributed by atoms with Crippen LogP contribution in [0.4, 0.5) is 4.79 Å². The van der Waals surface area contributed by atoms with Crippen molar-refractivity contribution < 1.29 is 13.2 Å². The monoisotopic (exact) mass is 279 g/mol. The molecule has 0 saturated heterocycles. The van der Waals surface area contributed by atoms with Gasteiger partial charge >= 0.3 is 6.03 Å². The van der Waals surface area contributed by atoms with E-state index >= 15 is 0 Å². The first kappa shape index (κ1) is 17.2. The Morgan fingerprint density at radius 2 is 1.83 bits per heavy atom. The van der Waals surface area contributed by atoms with Crippen molar-refractivity contribution in [3.8, 4) is 0 Å². The maximum atomic E-state index is 11.6. The first-order valence-electron chi connectivity index (χ1n) is 6.19. The summed E-state index contributed by atoms with van der Waals surface area (Å²) < 4.78 is 24.6. The van der Waals surface area contributed by atoms with E-state index < -0.39 is 10.0 Å². The summed E-state index contributed by atoms with van der Waals surface area (Å²) >= 11 is 0. The second-order valence-electron chi connectivity index (χ2n) is 4.69. The quantitative estimate of drug-likeness (QED) is 0.722. The molecule has 0 rings (SSSR count). The van der Waals surface area contributed by atoms with Gasteiger partial charge in [0.25, 0.3) is 0 Å². The molecule has 1 unspecified atom stereocenters. The van der Waals surface area contributed by atoms with Crippen molar-refractivity contribution >= 4 is 16.1 Å². The number of rotatable bonds is 7. The topological polar surface area (TPSA) is 78.5 Å². The van der Waals surface area contributed by atoms with Crippen LogP contribution in [0.1, 0.15) is 34.1 Å². The maximum absolute atomic E-state index is 11.6. The molecule has 0 aliphatic heterocycles. The van der Waals surface area contributed by atoms with Crippen molar-refractivity contribution in [3.05, 3.63) is 0 Å². The molecule has 0 spiro atoms. The maximum Gasteiger partial charge on any atom is 0.315 e. The predicted octanol–water partition coefficient (Wildman–Crippen LogP) is 0.754. The van der Waals surface area contributed by atoms with E-state index in [1.165, 1.54) is 10.6 Å². The summed E-state index contributed by atoms with van der Waals surface area (Å²) in [5, 5.41) is 5.32. The van der Waals surface area contributed by atoms with Gasteiger partial charge in [0, 0.05) is 25.2 Å². The number of carbonyl (C=O) groups excluding carboxylic acids is 1. The number of carbonyl (C=O) groups is 1. The molecule has 0 heterocycles. The van der Waals surface area contributed by atoms with Gasteiger partial charge < -0.3 is 10.6 Å². The normalized spacial score (nSPS) is 13.7. The molecule has 18 heavy (non-hydrogen) atoms. The van der Waals surface area contributed by atoms with Crippen LogP contribution < -0.4 is 10.6 Å². The van der Waals surface area contributed by atoms with Gasteiger partial charge in [-0.25, -0.2) is 13.2 Å². The van der Waals surface area contributed by atoms with E-state index in [4.69, 9.17) is 0 Å². The Kier molecular flexibility index (Phi) is 7.23. The van der Waals surface area contributed by atoms with Crippen LogP contribution in [0, 0.1) is 0 Å². The van der Waals surface area contributed by atoms with Crippen molar-refractivity contribution in [2.24, 2.45) is 0 Å². The highest BCUT2D eigenvalue weighted by molar-refractivity contribution is 7.88. The number of amides is 2. The van der Waals surface area contributed by atoms with Crippen LogP contribution in [0.25, 0.3) is 0 Å². The second kappa shape index (κ2) is 7.58. The third kappa shape index (κ3) is 6.80. The Hall–Kier alpha value is -0.820. The minimum Gasteiger partial charge on any atom is -0.337 e. The number of hydrogen-bond acceptors (Lipinski definition) is 3. The van der Waals surface area contributed by atoms with Gasteiger partial charge in [0.05, 0.1) is 6.26 Å². The molecule has 0 aliphatic carbocycles. The van der Waals surface area contributed by atoms with Crippen molar-refractivity contribution in [2.75, 3.05) is 19.3 Å². The van der Waals surface area contributed by atoms with Crippen LogP contribution in [0.2, 0.25) is 0 Å². The molecule has 0 aromatic carbocycles. The largest absolute Gasteiger partial charge is 0.337 e. The molecule has 0 aromatic rings. The highest BCUT2D eigenvalue weighted by atomic mass is 32.2. The van der Waals surface area contributed by atoms with E-state index in [1.807, 2.05) is 27.7 Å². The Bertz CT molecular complexity index is 355. The fraction of sp³-hybridized carbons (Fsp3) is 0.909. The van der Waals surface area contributed by atoms with Crippen LogP contribution in [-0.2, 0) is 10.0 Å². The van der Waals surface area contributed by atoms with Crippen LogP contribution in [-0.4, -0.2) is 50.2 Å². The second-order valence-corrected chi connectivity index (χ2v) is 6.62. The van der Waals surface area contributed by atoms with E-state index in [0.29, 0.717) is 13.1 Å². The number of urea groups is 1. The summed E-state index contributed by atoms with van der Waals surface area (Å²) in [6, 6.07) is -0.275. The van der Waals surface area contributed by atoms with E-state index in [1.54, 1.807) is 0 Å². The van der Waals surface area contributed by atoms with Crippen LogP contribution in [0.15, 0.2) is 0 Å². The Labute approximate surface area is 110 Å². The molecule has 0 radical (unpaired) electrons. The van der Waals surface area contributed by atoms with Crippen molar-refractivity contribution in [2.45, 2.75) is 46.2 Å². The average Bonchev–Trinajstić information content (AvgIpc) is 2.20. The van der Waals surface area contributed by atoms with Gasteiger partial charge in [-0.1, -0.05) is 6.92 Å². The number of nitrogens with zero attached hydrogens (tertiary/aromatic N) is 1. The zero-order valence-corrected chi connectivity index (χ0v) is 12.7. The van der Waals surface area contributed by atoms with Crippen molar-refractivity contribution in [3.63, 3.8) is 0 Å². The Balaban J connectivity index is 4.26. The zero-order chi connectivity index (χ0) is 14.3. The molecular formula is C11H25N3O3S. The van der Waals surface area contributed by atoms with Crippen LogP contribution in [0.5, 0.6) is 0 Å². The lowest BCUT2D eigenvalue weighted by Gasteiger charge is -2.26. The summed E-state index contributed by atoms with van der Waals surface area (Å²) in [6.45, 7) is 8.11. The van der Waals surface area contributed by atoms with Gasteiger partial charge in [0.15, 0.2) is 0 Å². The van der Waals surface area contributed by atoms with Gasteiger partial charge in [0.1, 0.15) is 0 Å². The van der Waals surface area contributed by atoms with E-state index in [-0.39, 0.29) is 18.1 Å². The van der Waals surface area contributed by atoms with Gasteiger partial charge in [0.2, 0.25) is 10.0 Å². The van der Waals surface area contributed by atoms with Crippen molar-refractivity contribution in [1.82, 2.24) is 14.9 Å². The van der Waals surface area contributed by atoms with Crippen LogP contribution in [0.3, 0.4) is 0 Å². The Morgan fingerprint density at radius 1 is 1.28 bits per heavy atom. The number of sulfonamides is 1. The molecule has 6 nitrogen and oxygen atoms in total. The van der Waals surface area contributed by atoms with E-state index in [2.05, 4.69) is 10.6 Å². The summed E-state index contributed by atoms with van der Waals surface area (Å²) in [5.74, 6) is 0. The molecule has 0 aliphatic rings.